The summed E-state index contributed by atoms with van der Waals surface area (Å²) in [4.78, 5) is 21.0. The van der Waals surface area contributed by atoms with Crippen LogP contribution in [0.3, 0.4) is 0 Å². The summed E-state index contributed by atoms with van der Waals surface area (Å²) in [6.07, 6.45) is 1.75. The summed E-state index contributed by atoms with van der Waals surface area (Å²) in [6.45, 7) is 3.87. The predicted molar refractivity (Wildman–Crippen MR) is 85.3 cm³/mol. The van der Waals surface area contributed by atoms with Gasteiger partial charge in [0.1, 0.15) is 16.5 Å². The minimum absolute atomic E-state index is 0.0831. The van der Waals surface area contributed by atoms with Crippen LogP contribution in [-0.2, 0) is 11.3 Å². The molecule has 0 aliphatic rings. The molecule has 22 heavy (non-hydrogen) atoms. The van der Waals surface area contributed by atoms with Crippen LogP contribution in [0.1, 0.15) is 17.6 Å². The molecule has 3 aromatic heterocycles. The Morgan fingerprint density at radius 1 is 1.32 bits per heavy atom. The number of aromatic nitrogens is 2. The van der Waals surface area contributed by atoms with Gasteiger partial charge in [-0.05, 0) is 31.2 Å². The van der Waals surface area contributed by atoms with Crippen LogP contribution in [0.15, 0.2) is 40.9 Å². The number of hydrogen-bond donors (Lipinski definition) is 1. The number of carbonyl (C=O) groups excluding carboxylic acids is 1. The van der Waals surface area contributed by atoms with Crippen LogP contribution in [0.25, 0.3) is 22.2 Å². The van der Waals surface area contributed by atoms with Crippen molar-refractivity contribution in [3.8, 4) is 22.2 Å². The topological polar surface area (TPSA) is 68.0 Å². The molecule has 1 N–H and O–H groups in total. The Kier molecular flexibility index (Phi) is 4.02. The number of nitrogens with one attached hydrogen (secondary N) is 1. The van der Waals surface area contributed by atoms with Crippen molar-refractivity contribution in [2.24, 2.45) is 0 Å². The second-order valence-corrected chi connectivity index (χ2v) is 6.02. The van der Waals surface area contributed by atoms with Crippen LogP contribution in [0.4, 0.5) is 0 Å². The Bertz CT molecular complexity index is 793. The lowest BCUT2D eigenvalue weighted by Gasteiger charge is -1.98. The third-order valence-electron chi connectivity index (χ3n) is 3.09. The maximum Gasteiger partial charge on any atom is 0.217 e. The highest BCUT2D eigenvalue weighted by Crippen LogP contribution is 2.33. The number of rotatable bonds is 4. The monoisotopic (exact) mass is 313 g/mol. The number of pyridine rings is 1. The smallest absolute Gasteiger partial charge is 0.217 e. The molecule has 0 aliphatic carbocycles. The molecule has 0 fully saturated rings. The molecular weight excluding hydrogens is 298 g/mol. The van der Waals surface area contributed by atoms with Gasteiger partial charge in [0.2, 0.25) is 5.91 Å². The first kappa shape index (κ1) is 14.5. The Hall–Kier alpha value is -2.47. The van der Waals surface area contributed by atoms with Gasteiger partial charge in [0.15, 0.2) is 5.76 Å². The van der Waals surface area contributed by atoms with Gasteiger partial charge < -0.3 is 9.73 Å². The van der Waals surface area contributed by atoms with Gasteiger partial charge in [-0.25, -0.2) is 4.98 Å². The molecule has 0 unspecified atom stereocenters. The number of carbonyl (C=O) groups is 1. The lowest BCUT2D eigenvalue weighted by molar-refractivity contribution is -0.119. The molecule has 3 heterocycles. The highest BCUT2D eigenvalue weighted by atomic mass is 32.1. The molecule has 0 aromatic carbocycles. The molecule has 1 amide bonds. The van der Waals surface area contributed by atoms with E-state index in [0.717, 1.165) is 21.3 Å². The number of furan rings is 1. The zero-order chi connectivity index (χ0) is 15.5. The fourth-order valence-corrected chi connectivity index (χ4v) is 2.93. The number of hydrogen-bond acceptors (Lipinski definition) is 5. The van der Waals surface area contributed by atoms with Crippen molar-refractivity contribution < 1.29 is 9.21 Å². The number of aryl methyl sites for hydroxylation is 1. The second-order valence-electron chi connectivity index (χ2n) is 4.81. The van der Waals surface area contributed by atoms with E-state index in [9.17, 15) is 4.79 Å². The second kappa shape index (κ2) is 6.11. The lowest BCUT2D eigenvalue weighted by atomic mass is 10.3. The van der Waals surface area contributed by atoms with Crippen molar-refractivity contribution >= 4 is 17.2 Å². The van der Waals surface area contributed by atoms with Crippen LogP contribution in [0.2, 0.25) is 0 Å². The third-order valence-corrected chi connectivity index (χ3v) is 4.08. The third kappa shape index (κ3) is 3.07. The van der Waals surface area contributed by atoms with E-state index in [2.05, 4.69) is 15.3 Å². The first-order chi connectivity index (χ1) is 10.6. The van der Waals surface area contributed by atoms with Gasteiger partial charge >= 0.3 is 0 Å². The lowest BCUT2D eigenvalue weighted by Crippen LogP contribution is -2.18. The first-order valence-electron chi connectivity index (χ1n) is 6.86. The molecule has 3 rings (SSSR count). The maximum atomic E-state index is 10.9. The minimum atomic E-state index is -0.0831. The normalized spacial score (nSPS) is 10.6. The van der Waals surface area contributed by atoms with Gasteiger partial charge in [-0.3, -0.25) is 9.78 Å². The number of nitrogens with zero attached hydrogens (tertiary/aromatic N) is 2. The standard InChI is InChI=1S/C16H15N3O2S/c1-10-15(14-7-6-12(21-14)9-18-11(2)20)19-16(22-10)13-5-3-4-8-17-13/h3-8H,9H2,1-2H3,(H,18,20). The largest absolute Gasteiger partial charge is 0.458 e. The fraction of sp³-hybridized carbons (Fsp3) is 0.188. The molecule has 0 spiro atoms. The van der Waals surface area contributed by atoms with Gasteiger partial charge in [0, 0.05) is 18.0 Å². The van der Waals surface area contributed by atoms with Crippen LogP contribution in [0, 0.1) is 6.92 Å². The van der Waals surface area contributed by atoms with E-state index < -0.39 is 0 Å². The first-order valence-corrected chi connectivity index (χ1v) is 7.67. The van der Waals surface area contributed by atoms with Crippen LogP contribution < -0.4 is 5.32 Å². The SMILES string of the molecule is CC(=O)NCc1ccc(-c2nc(-c3ccccn3)sc2C)o1. The molecule has 0 atom stereocenters. The zero-order valence-electron chi connectivity index (χ0n) is 12.3. The van der Waals surface area contributed by atoms with E-state index in [0.29, 0.717) is 18.1 Å². The zero-order valence-corrected chi connectivity index (χ0v) is 13.1. The average Bonchev–Trinajstić information content (AvgIpc) is 3.12. The summed E-state index contributed by atoms with van der Waals surface area (Å²) in [5.74, 6) is 1.33. The maximum absolute atomic E-state index is 10.9. The molecule has 0 radical (unpaired) electrons. The van der Waals surface area contributed by atoms with Gasteiger partial charge in [-0.2, -0.15) is 0 Å². The highest BCUT2D eigenvalue weighted by Gasteiger charge is 2.15. The quantitative estimate of drug-likeness (QED) is 0.801. The van der Waals surface area contributed by atoms with Gasteiger partial charge in [0.05, 0.1) is 12.2 Å². The molecule has 6 heteroatoms. The van der Waals surface area contributed by atoms with Crippen LogP contribution in [0.5, 0.6) is 0 Å². The van der Waals surface area contributed by atoms with E-state index in [1.807, 2.05) is 37.3 Å². The molecule has 112 valence electrons. The van der Waals surface area contributed by atoms with Gasteiger partial charge in [0.25, 0.3) is 0 Å². The van der Waals surface area contributed by atoms with Crippen molar-refractivity contribution in [3.05, 3.63) is 47.2 Å². The Morgan fingerprint density at radius 3 is 2.91 bits per heavy atom. The van der Waals surface area contributed by atoms with E-state index >= 15 is 0 Å². The Balaban J connectivity index is 1.86. The molecular formula is C16H15N3O2S. The fourth-order valence-electron chi connectivity index (χ4n) is 2.04. The number of amides is 1. The highest BCUT2D eigenvalue weighted by molar-refractivity contribution is 7.15. The number of thiazole rings is 1. The predicted octanol–water partition coefficient (Wildman–Crippen LogP) is 3.41. The Labute approximate surface area is 132 Å². The van der Waals surface area contributed by atoms with Crippen molar-refractivity contribution in [1.29, 1.82) is 0 Å². The molecule has 0 aliphatic heterocycles. The summed E-state index contributed by atoms with van der Waals surface area (Å²) in [7, 11) is 0. The van der Waals surface area contributed by atoms with Crippen LogP contribution in [-0.4, -0.2) is 15.9 Å². The van der Waals surface area contributed by atoms with Crippen molar-refractivity contribution in [2.75, 3.05) is 0 Å². The molecule has 0 saturated heterocycles. The molecule has 5 nitrogen and oxygen atoms in total. The summed E-state index contributed by atoms with van der Waals surface area (Å²) in [6, 6.07) is 9.49. The van der Waals surface area contributed by atoms with Crippen LogP contribution >= 0.6 is 11.3 Å². The van der Waals surface area contributed by atoms with Crippen molar-refractivity contribution in [2.45, 2.75) is 20.4 Å². The molecule has 3 aromatic rings. The summed E-state index contributed by atoms with van der Waals surface area (Å²) < 4.78 is 5.76. The van der Waals surface area contributed by atoms with E-state index in [1.54, 1.807) is 17.5 Å². The van der Waals surface area contributed by atoms with Gasteiger partial charge in [-0.1, -0.05) is 6.07 Å². The van der Waals surface area contributed by atoms with Gasteiger partial charge in [-0.15, -0.1) is 11.3 Å². The van der Waals surface area contributed by atoms with E-state index in [4.69, 9.17) is 4.42 Å². The van der Waals surface area contributed by atoms with E-state index in [1.165, 1.54) is 6.92 Å². The average molecular weight is 313 g/mol. The van der Waals surface area contributed by atoms with E-state index in [-0.39, 0.29) is 5.91 Å². The van der Waals surface area contributed by atoms with Crippen molar-refractivity contribution in [3.63, 3.8) is 0 Å². The molecule has 0 saturated carbocycles. The molecule has 0 bridgehead atoms. The summed E-state index contributed by atoms with van der Waals surface area (Å²) in [5.41, 5.74) is 1.67. The Morgan fingerprint density at radius 2 is 2.18 bits per heavy atom. The minimum Gasteiger partial charge on any atom is -0.458 e. The van der Waals surface area contributed by atoms with Crippen molar-refractivity contribution in [1.82, 2.24) is 15.3 Å². The summed E-state index contributed by atoms with van der Waals surface area (Å²) >= 11 is 1.59. The summed E-state index contributed by atoms with van der Waals surface area (Å²) in [5, 5.41) is 3.58.